The number of aryl methyl sites for hydroxylation is 4. The van der Waals surface area contributed by atoms with Crippen LogP contribution in [0.1, 0.15) is 34.2 Å². The second-order valence-corrected chi connectivity index (χ2v) is 9.14. The van der Waals surface area contributed by atoms with Crippen LogP contribution in [0.15, 0.2) is 36.4 Å². The van der Waals surface area contributed by atoms with Crippen LogP contribution in [0.4, 0.5) is 5.69 Å². The van der Waals surface area contributed by atoms with Gasteiger partial charge in [0.1, 0.15) is 0 Å². The van der Waals surface area contributed by atoms with Crippen LogP contribution in [0, 0.1) is 27.7 Å². The van der Waals surface area contributed by atoms with E-state index in [2.05, 4.69) is 5.32 Å². The summed E-state index contributed by atoms with van der Waals surface area (Å²) in [6, 6.07) is 11.8. The zero-order valence-corrected chi connectivity index (χ0v) is 17.5. The predicted molar refractivity (Wildman–Crippen MR) is 110 cm³/mol. The quantitative estimate of drug-likeness (QED) is 0.786. The van der Waals surface area contributed by atoms with Gasteiger partial charge in [0.2, 0.25) is 15.9 Å². The average molecular weight is 389 g/mol. The maximum Gasteiger partial charge on any atom is 0.225 e. The van der Waals surface area contributed by atoms with Crippen LogP contribution in [0.2, 0.25) is 0 Å². The number of nitrogens with one attached hydrogen (secondary N) is 1. The van der Waals surface area contributed by atoms with Gasteiger partial charge in [-0.2, -0.15) is 4.31 Å². The van der Waals surface area contributed by atoms with Crippen molar-refractivity contribution in [2.75, 3.05) is 18.1 Å². The van der Waals surface area contributed by atoms with Crippen LogP contribution in [-0.4, -0.2) is 31.4 Å². The SMILES string of the molecule is Cc1cccc(CN(CCC(=O)Nc2c(C)cc(C)cc2C)S(C)(=O)=O)c1. The minimum Gasteiger partial charge on any atom is -0.326 e. The Labute approximate surface area is 162 Å². The molecule has 5 nitrogen and oxygen atoms in total. The third-order valence-electron chi connectivity index (χ3n) is 4.44. The highest BCUT2D eigenvalue weighted by Gasteiger charge is 2.19. The van der Waals surface area contributed by atoms with Crippen molar-refractivity contribution in [1.82, 2.24) is 4.31 Å². The van der Waals surface area contributed by atoms with Gasteiger partial charge in [-0.1, -0.05) is 47.5 Å². The van der Waals surface area contributed by atoms with E-state index < -0.39 is 10.0 Å². The highest BCUT2D eigenvalue weighted by Crippen LogP contribution is 2.22. The van der Waals surface area contributed by atoms with Crippen molar-refractivity contribution < 1.29 is 13.2 Å². The Morgan fingerprint density at radius 3 is 2.19 bits per heavy atom. The van der Waals surface area contributed by atoms with E-state index in [1.54, 1.807) is 0 Å². The van der Waals surface area contributed by atoms with E-state index >= 15 is 0 Å². The lowest BCUT2D eigenvalue weighted by Gasteiger charge is -2.20. The normalized spacial score (nSPS) is 11.6. The maximum absolute atomic E-state index is 12.4. The smallest absolute Gasteiger partial charge is 0.225 e. The van der Waals surface area contributed by atoms with E-state index in [0.717, 1.165) is 33.5 Å². The number of rotatable bonds is 7. The van der Waals surface area contributed by atoms with Crippen LogP contribution in [0.5, 0.6) is 0 Å². The Morgan fingerprint density at radius 2 is 1.63 bits per heavy atom. The highest BCUT2D eigenvalue weighted by molar-refractivity contribution is 7.88. The van der Waals surface area contributed by atoms with E-state index in [0.29, 0.717) is 0 Å². The molecule has 0 heterocycles. The molecule has 0 atom stereocenters. The van der Waals surface area contributed by atoms with Gasteiger partial charge in [-0.25, -0.2) is 8.42 Å². The van der Waals surface area contributed by atoms with Crippen LogP contribution >= 0.6 is 0 Å². The van der Waals surface area contributed by atoms with Gasteiger partial charge in [0.25, 0.3) is 0 Å². The van der Waals surface area contributed by atoms with Crippen LogP contribution in [-0.2, 0) is 21.4 Å². The number of carbonyl (C=O) groups is 1. The summed E-state index contributed by atoms with van der Waals surface area (Å²) in [5, 5.41) is 2.93. The number of hydrogen-bond acceptors (Lipinski definition) is 3. The van der Waals surface area contributed by atoms with E-state index in [-0.39, 0.29) is 25.4 Å². The molecule has 2 aromatic carbocycles. The number of amides is 1. The zero-order chi connectivity index (χ0) is 20.2. The van der Waals surface area contributed by atoms with Crippen molar-refractivity contribution in [3.05, 3.63) is 64.2 Å². The Kier molecular flexibility index (Phi) is 6.78. The first-order valence-electron chi connectivity index (χ1n) is 8.94. The number of sulfonamides is 1. The first kappa shape index (κ1) is 21.1. The first-order chi connectivity index (χ1) is 12.6. The maximum atomic E-state index is 12.4. The molecule has 0 aliphatic carbocycles. The topological polar surface area (TPSA) is 66.5 Å². The molecule has 0 aliphatic rings. The predicted octanol–water partition coefficient (Wildman–Crippen LogP) is 3.71. The third-order valence-corrected chi connectivity index (χ3v) is 5.69. The summed E-state index contributed by atoms with van der Waals surface area (Å²) in [5.74, 6) is -0.192. The Morgan fingerprint density at radius 1 is 1.00 bits per heavy atom. The number of anilines is 1. The monoisotopic (exact) mass is 388 g/mol. The molecule has 0 spiro atoms. The van der Waals surface area contributed by atoms with Gasteiger partial charge in [0, 0.05) is 25.2 Å². The Bertz CT molecular complexity index is 913. The summed E-state index contributed by atoms with van der Waals surface area (Å²) < 4.78 is 25.6. The fourth-order valence-corrected chi connectivity index (χ4v) is 3.99. The van der Waals surface area contributed by atoms with Gasteiger partial charge < -0.3 is 5.32 Å². The molecular weight excluding hydrogens is 360 g/mol. The van der Waals surface area contributed by atoms with Crippen LogP contribution in [0.3, 0.4) is 0 Å². The summed E-state index contributed by atoms with van der Waals surface area (Å²) in [5.41, 5.74) is 5.93. The second kappa shape index (κ2) is 8.67. The molecule has 0 saturated heterocycles. The van der Waals surface area contributed by atoms with Gasteiger partial charge in [-0.05, 0) is 44.4 Å². The highest BCUT2D eigenvalue weighted by atomic mass is 32.2. The van der Waals surface area contributed by atoms with Gasteiger partial charge in [0.15, 0.2) is 0 Å². The largest absolute Gasteiger partial charge is 0.326 e. The second-order valence-electron chi connectivity index (χ2n) is 7.16. The van der Waals surface area contributed by atoms with Crippen molar-refractivity contribution in [2.24, 2.45) is 0 Å². The molecular formula is C21H28N2O3S. The zero-order valence-electron chi connectivity index (χ0n) is 16.7. The van der Waals surface area contributed by atoms with Gasteiger partial charge in [-0.3, -0.25) is 4.79 Å². The molecule has 2 aromatic rings. The molecule has 6 heteroatoms. The molecule has 0 unspecified atom stereocenters. The summed E-state index contributed by atoms with van der Waals surface area (Å²) in [4.78, 5) is 12.4. The fraction of sp³-hybridized carbons (Fsp3) is 0.381. The molecule has 0 aliphatic heterocycles. The Balaban J connectivity index is 2.06. The molecule has 1 amide bonds. The summed E-state index contributed by atoms with van der Waals surface area (Å²) in [7, 11) is -3.41. The molecule has 146 valence electrons. The first-order valence-corrected chi connectivity index (χ1v) is 10.8. The fourth-order valence-electron chi connectivity index (χ4n) is 3.18. The minimum atomic E-state index is -3.41. The van der Waals surface area contributed by atoms with Crippen LogP contribution < -0.4 is 5.32 Å². The molecule has 1 N–H and O–H groups in total. The third kappa shape index (κ3) is 6.19. The lowest BCUT2D eigenvalue weighted by atomic mass is 10.1. The lowest BCUT2D eigenvalue weighted by molar-refractivity contribution is -0.116. The van der Waals surface area contributed by atoms with E-state index in [4.69, 9.17) is 0 Å². The molecule has 0 bridgehead atoms. The van der Waals surface area contributed by atoms with Gasteiger partial charge in [0.05, 0.1) is 6.26 Å². The molecule has 27 heavy (non-hydrogen) atoms. The average Bonchev–Trinajstić information content (AvgIpc) is 2.53. The number of nitrogens with zero attached hydrogens (tertiary/aromatic N) is 1. The number of carbonyl (C=O) groups excluding carboxylic acids is 1. The van der Waals surface area contributed by atoms with E-state index in [1.807, 2.05) is 64.1 Å². The molecule has 0 radical (unpaired) electrons. The van der Waals surface area contributed by atoms with Crippen molar-refractivity contribution in [2.45, 2.75) is 40.7 Å². The Hall–Kier alpha value is -2.18. The molecule has 0 saturated carbocycles. The summed E-state index contributed by atoms with van der Waals surface area (Å²) in [6.07, 6.45) is 1.28. The lowest BCUT2D eigenvalue weighted by Crippen LogP contribution is -2.32. The molecule has 2 rings (SSSR count). The standard InChI is InChI=1S/C21H28N2O3S/c1-15-7-6-8-19(13-15)14-23(27(5,25)26)10-9-20(24)22-21-17(3)11-16(2)12-18(21)4/h6-8,11-13H,9-10,14H2,1-5H3,(H,22,24). The van der Waals surface area contributed by atoms with Crippen molar-refractivity contribution in [3.63, 3.8) is 0 Å². The van der Waals surface area contributed by atoms with Gasteiger partial charge >= 0.3 is 0 Å². The van der Waals surface area contributed by atoms with Crippen LogP contribution in [0.25, 0.3) is 0 Å². The van der Waals surface area contributed by atoms with E-state index in [9.17, 15) is 13.2 Å². The minimum absolute atomic E-state index is 0.103. The van der Waals surface area contributed by atoms with Gasteiger partial charge in [-0.15, -0.1) is 0 Å². The molecule has 0 aromatic heterocycles. The summed E-state index contributed by atoms with van der Waals surface area (Å²) >= 11 is 0. The molecule has 0 fully saturated rings. The summed E-state index contributed by atoms with van der Waals surface area (Å²) in [6.45, 7) is 8.29. The van der Waals surface area contributed by atoms with Crippen molar-refractivity contribution in [1.29, 1.82) is 0 Å². The van der Waals surface area contributed by atoms with E-state index in [1.165, 1.54) is 10.6 Å². The van der Waals surface area contributed by atoms with Crippen molar-refractivity contribution >= 4 is 21.6 Å². The number of hydrogen-bond donors (Lipinski definition) is 1. The van der Waals surface area contributed by atoms with Crippen molar-refractivity contribution in [3.8, 4) is 0 Å². The number of benzene rings is 2.